The van der Waals surface area contributed by atoms with Gasteiger partial charge in [0.1, 0.15) is 0 Å². The minimum absolute atomic E-state index is 0.198. The van der Waals surface area contributed by atoms with Gasteiger partial charge in [0.2, 0.25) is 5.91 Å². The number of ether oxygens (including phenoxy) is 1. The predicted octanol–water partition coefficient (Wildman–Crippen LogP) is 0.986. The number of esters is 1. The van der Waals surface area contributed by atoms with Gasteiger partial charge in [0.05, 0.1) is 13.0 Å². The fraction of sp³-hybridized carbons (Fsp3) is 0.857. The van der Waals surface area contributed by atoms with Gasteiger partial charge in [-0.1, -0.05) is 6.92 Å². The van der Waals surface area contributed by atoms with E-state index in [0.29, 0.717) is 6.54 Å². The summed E-state index contributed by atoms with van der Waals surface area (Å²) in [6.45, 7) is 3.94. The largest absolute Gasteiger partial charge is 0.469 e. The van der Waals surface area contributed by atoms with Gasteiger partial charge in [-0.2, -0.15) is 0 Å². The third-order valence-corrected chi connectivity index (χ3v) is 3.37. The Balaban J connectivity index is 2.48. The molecule has 110 valence electrons. The van der Waals surface area contributed by atoms with E-state index in [4.69, 9.17) is 4.74 Å². The summed E-state index contributed by atoms with van der Waals surface area (Å²) in [5.74, 6) is -0.105. The van der Waals surface area contributed by atoms with Crippen molar-refractivity contribution in [3.63, 3.8) is 0 Å². The molecule has 1 fully saturated rings. The maximum absolute atomic E-state index is 12.2. The predicted molar refractivity (Wildman–Crippen MR) is 73.7 cm³/mol. The zero-order chi connectivity index (χ0) is 14.4. The second-order valence-corrected chi connectivity index (χ2v) is 5.64. The Morgan fingerprint density at radius 2 is 1.89 bits per heavy atom. The SMILES string of the molecule is COC(=O)C(C)CN(CCCN(C)C)C(=O)C1CC1. The summed E-state index contributed by atoms with van der Waals surface area (Å²) in [5.41, 5.74) is 0. The summed E-state index contributed by atoms with van der Waals surface area (Å²) in [4.78, 5) is 27.6. The monoisotopic (exact) mass is 270 g/mol. The first-order valence-corrected chi connectivity index (χ1v) is 6.97. The number of amides is 1. The highest BCUT2D eigenvalue weighted by Gasteiger charge is 2.34. The van der Waals surface area contributed by atoms with Crippen LogP contribution < -0.4 is 0 Å². The van der Waals surface area contributed by atoms with Crippen molar-refractivity contribution in [2.75, 3.05) is 40.8 Å². The van der Waals surface area contributed by atoms with Crippen molar-refractivity contribution in [1.29, 1.82) is 0 Å². The van der Waals surface area contributed by atoms with Crippen LogP contribution in [0, 0.1) is 11.8 Å². The van der Waals surface area contributed by atoms with Crippen molar-refractivity contribution in [2.45, 2.75) is 26.2 Å². The average Bonchev–Trinajstić information content (AvgIpc) is 3.19. The summed E-state index contributed by atoms with van der Waals surface area (Å²) in [7, 11) is 5.42. The number of hydrogen-bond donors (Lipinski definition) is 0. The van der Waals surface area contributed by atoms with Gasteiger partial charge in [-0.25, -0.2) is 0 Å². The van der Waals surface area contributed by atoms with Gasteiger partial charge in [0.15, 0.2) is 0 Å². The molecule has 0 aromatic carbocycles. The number of methoxy groups -OCH3 is 1. The Morgan fingerprint density at radius 3 is 2.37 bits per heavy atom. The highest BCUT2D eigenvalue weighted by atomic mass is 16.5. The lowest BCUT2D eigenvalue weighted by atomic mass is 10.1. The van der Waals surface area contributed by atoms with Crippen molar-refractivity contribution in [3.8, 4) is 0 Å². The van der Waals surface area contributed by atoms with Crippen molar-refractivity contribution < 1.29 is 14.3 Å². The van der Waals surface area contributed by atoms with Crippen molar-refractivity contribution >= 4 is 11.9 Å². The van der Waals surface area contributed by atoms with Gasteiger partial charge < -0.3 is 14.5 Å². The zero-order valence-corrected chi connectivity index (χ0v) is 12.5. The van der Waals surface area contributed by atoms with E-state index in [1.54, 1.807) is 0 Å². The smallest absolute Gasteiger partial charge is 0.310 e. The fourth-order valence-electron chi connectivity index (χ4n) is 2.06. The number of hydrogen-bond acceptors (Lipinski definition) is 4. The van der Waals surface area contributed by atoms with Crippen LogP contribution in [-0.4, -0.2) is 62.5 Å². The molecule has 0 aliphatic heterocycles. The molecule has 0 heterocycles. The average molecular weight is 270 g/mol. The topological polar surface area (TPSA) is 49.9 Å². The summed E-state index contributed by atoms with van der Waals surface area (Å²) in [6.07, 6.45) is 2.92. The standard InChI is InChI=1S/C14H26N2O3/c1-11(14(18)19-4)10-16(9-5-8-15(2)3)13(17)12-6-7-12/h11-12H,5-10H2,1-4H3. The van der Waals surface area contributed by atoms with Crippen LogP contribution in [0.1, 0.15) is 26.2 Å². The number of rotatable bonds is 8. The summed E-state index contributed by atoms with van der Waals surface area (Å²) < 4.78 is 4.73. The maximum atomic E-state index is 12.2. The molecule has 1 aliphatic rings. The molecule has 0 N–H and O–H groups in total. The molecule has 0 spiro atoms. The molecule has 1 rings (SSSR count). The summed E-state index contributed by atoms with van der Waals surface area (Å²) in [5, 5.41) is 0. The van der Waals surface area contributed by atoms with E-state index in [1.165, 1.54) is 7.11 Å². The minimum atomic E-state index is -0.257. The lowest BCUT2D eigenvalue weighted by Crippen LogP contribution is -2.39. The van der Waals surface area contributed by atoms with Gasteiger partial charge >= 0.3 is 5.97 Å². The van der Waals surface area contributed by atoms with E-state index in [2.05, 4.69) is 4.90 Å². The molecule has 0 saturated heterocycles. The Labute approximate surface area is 115 Å². The molecule has 1 unspecified atom stereocenters. The summed E-state index contributed by atoms with van der Waals surface area (Å²) >= 11 is 0. The first-order valence-electron chi connectivity index (χ1n) is 6.97. The van der Waals surface area contributed by atoms with Crippen LogP contribution in [0.15, 0.2) is 0 Å². The highest BCUT2D eigenvalue weighted by molar-refractivity contribution is 5.82. The van der Waals surface area contributed by atoms with Crippen molar-refractivity contribution in [3.05, 3.63) is 0 Å². The lowest BCUT2D eigenvalue weighted by molar-refractivity contribution is -0.146. The van der Waals surface area contributed by atoms with E-state index in [0.717, 1.165) is 32.4 Å². The quantitative estimate of drug-likeness (QED) is 0.617. The van der Waals surface area contributed by atoms with Gasteiger partial charge in [0.25, 0.3) is 0 Å². The second-order valence-electron chi connectivity index (χ2n) is 5.64. The van der Waals surface area contributed by atoms with Crippen molar-refractivity contribution in [1.82, 2.24) is 9.80 Å². The number of nitrogens with zero attached hydrogens (tertiary/aromatic N) is 2. The molecule has 19 heavy (non-hydrogen) atoms. The lowest BCUT2D eigenvalue weighted by Gasteiger charge is -2.25. The molecule has 0 bridgehead atoms. The molecule has 5 nitrogen and oxygen atoms in total. The molecule has 0 aromatic rings. The van der Waals surface area contributed by atoms with Gasteiger partial charge in [0, 0.05) is 19.0 Å². The number of carbonyl (C=O) groups is 2. The van der Waals surface area contributed by atoms with Crippen LogP contribution in [0.5, 0.6) is 0 Å². The first kappa shape index (κ1) is 16.0. The van der Waals surface area contributed by atoms with E-state index in [9.17, 15) is 9.59 Å². The Kier molecular flexibility index (Phi) is 6.28. The molecule has 1 atom stereocenters. The molecule has 1 saturated carbocycles. The normalized spacial score (nSPS) is 16.3. The van der Waals surface area contributed by atoms with Gasteiger partial charge in [-0.3, -0.25) is 9.59 Å². The van der Waals surface area contributed by atoms with Crippen LogP contribution in [0.25, 0.3) is 0 Å². The number of carbonyl (C=O) groups excluding carboxylic acids is 2. The highest BCUT2D eigenvalue weighted by Crippen LogP contribution is 2.31. The van der Waals surface area contributed by atoms with Crippen LogP contribution in [0.4, 0.5) is 0 Å². The maximum Gasteiger partial charge on any atom is 0.310 e. The second kappa shape index (κ2) is 7.48. The molecule has 5 heteroatoms. The zero-order valence-electron chi connectivity index (χ0n) is 12.5. The third-order valence-electron chi connectivity index (χ3n) is 3.37. The van der Waals surface area contributed by atoms with E-state index in [1.807, 2.05) is 25.9 Å². The van der Waals surface area contributed by atoms with Gasteiger partial charge in [-0.05, 0) is 39.9 Å². The molecular formula is C14H26N2O3. The van der Waals surface area contributed by atoms with Crippen LogP contribution in [0.3, 0.4) is 0 Å². The first-order chi connectivity index (χ1) is 8.95. The Hall–Kier alpha value is -1.10. The summed E-state index contributed by atoms with van der Waals surface area (Å²) in [6, 6.07) is 0. The van der Waals surface area contributed by atoms with Crippen LogP contribution in [0.2, 0.25) is 0 Å². The molecule has 1 amide bonds. The van der Waals surface area contributed by atoms with Crippen LogP contribution >= 0.6 is 0 Å². The minimum Gasteiger partial charge on any atom is -0.469 e. The van der Waals surface area contributed by atoms with E-state index < -0.39 is 0 Å². The Morgan fingerprint density at radius 1 is 1.26 bits per heavy atom. The van der Waals surface area contributed by atoms with Crippen LogP contribution in [-0.2, 0) is 14.3 Å². The molecule has 0 radical (unpaired) electrons. The Bertz CT molecular complexity index is 314. The molecule has 0 aromatic heterocycles. The third kappa shape index (κ3) is 5.59. The van der Waals surface area contributed by atoms with E-state index in [-0.39, 0.29) is 23.7 Å². The van der Waals surface area contributed by atoms with Crippen molar-refractivity contribution in [2.24, 2.45) is 11.8 Å². The fourth-order valence-corrected chi connectivity index (χ4v) is 2.06. The van der Waals surface area contributed by atoms with Gasteiger partial charge in [-0.15, -0.1) is 0 Å². The molecular weight excluding hydrogens is 244 g/mol. The molecule has 1 aliphatic carbocycles. The van der Waals surface area contributed by atoms with E-state index >= 15 is 0 Å².